The Balaban J connectivity index is 1.56. The summed E-state index contributed by atoms with van der Waals surface area (Å²) in [6.07, 6.45) is 20.7. The number of hydrogen-bond acceptors (Lipinski definition) is 5. The van der Waals surface area contributed by atoms with Crippen LogP contribution in [-0.2, 0) is 11.1 Å². The number of nitrogens with one attached hydrogen (secondary N) is 1. The van der Waals surface area contributed by atoms with E-state index in [1.165, 1.54) is 18.4 Å². The largest absolute Gasteiger partial charge is 0.772 e. The summed E-state index contributed by atoms with van der Waals surface area (Å²) in [6, 6.07) is 4.23. The monoisotopic (exact) mass is 497 g/mol. The van der Waals surface area contributed by atoms with Crippen LogP contribution in [0, 0.1) is 11.8 Å². The Morgan fingerprint density at radius 2 is 2.03 bits per heavy atom. The Bertz CT molecular complexity index is 1480. The molecule has 0 aromatic heterocycles. The molecule has 0 radical (unpaired) electrons. The van der Waals surface area contributed by atoms with E-state index in [0.29, 0.717) is 12.3 Å². The first-order chi connectivity index (χ1) is 17.5. The van der Waals surface area contributed by atoms with E-state index in [4.69, 9.17) is 0 Å². The van der Waals surface area contributed by atoms with Gasteiger partial charge in [-0.25, -0.2) is 0 Å². The van der Waals surface area contributed by atoms with Gasteiger partial charge >= 0.3 is 0 Å². The number of ketones is 1. The average Bonchev–Trinajstić information content (AvgIpc) is 3.71. The first-order valence-electron chi connectivity index (χ1n) is 12.8. The molecule has 1 aromatic rings. The van der Waals surface area contributed by atoms with Gasteiger partial charge in [-0.1, -0.05) is 61.2 Å². The predicted octanol–water partition coefficient (Wildman–Crippen LogP) is 3.83. The molecule has 1 aromatic carbocycles. The van der Waals surface area contributed by atoms with Crippen molar-refractivity contribution in [3.05, 3.63) is 93.3 Å². The van der Waals surface area contributed by atoms with Crippen LogP contribution in [0.3, 0.4) is 0 Å². The molecule has 0 amide bonds. The van der Waals surface area contributed by atoms with Crippen LogP contribution in [0.15, 0.2) is 76.7 Å². The fraction of sp³-hybridized carbons (Fsp3) is 0.333. The summed E-state index contributed by atoms with van der Waals surface area (Å²) >= 11 is -2.10. The molecule has 3 atom stereocenters. The molecule has 36 heavy (non-hydrogen) atoms. The molecule has 5 nitrogen and oxygen atoms in total. The number of rotatable bonds is 6. The van der Waals surface area contributed by atoms with Gasteiger partial charge < -0.3 is 9.87 Å². The van der Waals surface area contributed by atoms with Crippen molar-refractivity contribution in [2.75, 3.05) is 5.75 Å². The Morgan fingerprint density at radius 1 is 1.19 bits per heavy atom. The molecule has 6 heteroatoms. The van der Waals surface area contributed by atoms with E-state index in [-0.39, 0.29) is 17.5 Å². The van der Waals surface area contributed by atoms with Gasteiger partial charge in [-0.2, -0.15) is 0 Å². The van der Waals surface area contributed by atoms with E-state index < -0.39 is 11.1 Å². The fourth-order valence-electron chi connectivity index (χ4n) is 6.05. The number of carbonyl (C=O) groups is 1. The highest BCUT2D eigenvalue weighted by Crippen LogP contribution is 2.46. The summed E-state index contributed by atoms with van der Waals surface area (Å²) in [5.41, 5.74) is 7.05. The van der Waals surface area contributed by atoms with Gasteiger partial charge in [-0.15, -0.1) is 0 Å². The van der Waals surface area contributed by atoms with E-state index in [1.807, 2.05) is 30.6 Å². The second-order valence-electron chi connectivity index (χ2n) is 10.3. The van der Waals surface area contributed by atoms with Crippen LogP contribution in [-0.4, -0.2) is 26.5 Å². The maximum Gasteiger partial charge on any atom is 0.187 e. The zero-order valence-corrected chi connectivity index (χ0v) is 21.1. The van der Waals surface area contributed by atoms with Crippen LogP contribution in [0.4, 0.5) is 0 Å². The molecule has 1 fully saturated rings. The molecule has 3 unspecified atom stereocenters. The summed E-state index contributed by atoms with van der Waals surface area (Å²) in [7, 11) is 0. The van der Waals surface area contributed by atoms with Gasteiger partial charge in [0.2, 0.25) is 0 Å². The molecule has 1 saturated carbocycles. The van der Waals surface area contributed by atoms with Crippen molar-refractivity contribution in [2.24, 2.45) is 16.8 Å². The van der Waals surface area contributed by atoms with Gasteiger partial charge in [0.15, 0.2) is 5.78 Å². The van der Waals surface area contributed by atoms with Crippen LogP contribution in [0.2, 0.25) is 0 Å². The van der Waals surface area contributed by atoms with Crippen molar-refractivity contribution in [1.82, 2.24) is 5.32 Å². The fourth-order valence-corrected chi connectivity index (χ4v) is 6.44. The summed E-state index contributed by atoms with van der Waals surface area (Å²) in [5, 5.41) is 5.40. The normalized spacial score (nSPS) is 25.2. The lowest BCUT2D eigenvalue weighted by Crippen LogP contribution is -2.35. The Kier molecular flexibility index (Phi) is 6.10. The van der Waals surface area contributed by atoms with Crippen molar-refractivity contribution in [3.8, 4) is 0 Å². The molecule has 0 spiro atoms. The Morgan fingerprint density at radius 3 is 2.83 bits per heavy atom. The third-order valence-corrected chi connectivity index (χ3v) is 8.43. The predicted molar refractivity (Wildman–Crippen MR) is 143 cm³/mol. The highest BCUT2D eigenvalue weighted by atomic mass is 32.2. The minimum absolute atomic E-state index is 0.0285. The van der Waals surface area contributed by atoms with Crippen LogP contribution in [0.1, 0.15) is 60.9 Å². The Labute approximate surface area is 213 Å². The summed E-state index contributed by atoms with van der Waals surface area (Å²) < 4.78 is 22.5. The molecule has 5 aliphatic rings. The molecule has 1 aliphatic heterocycles. The smallest absolute Gasteiger partial charge is 0.187 e. The van der Waals surface area contributed by atoms with Crippen molar-refractivity contribution >= 4 is 34.2 Å². The molecule has 6 rings (SSSR count). The van der Waals surface area contributed by atoms with Crippen molar-refractivity contribution in [3.63, 3.8) is 0 Å². The lowest BCUT2D eigenvalue weighted by Gasteiger charge is -2.33. The molecule has 1 heterocycles. The number of hydrogen-bond donors (Lipinski definition) is 1. The number of aliphatic imine (C=N–C) groups is 1. The number of nitrogens with zero attached hydrogens (tertiary/aromatic N) is 1. The molecule has 1 N–H and O–H groups in total. The topological polar surface area (TPSA) is 81.6 Å². The van der Waals surface area contributed by atoms with Crippen LogP contribution < -0.4 is 15.8 Å². The molecule has 4 aliphatic carbocycles. The van der Waals surface area contributed by atoms with Crippen molar-refractivity contribution < 1.29 is 13.6 Å². The van der Waals surface area contributed by atoms with E-state index in [1.54, 1.807) is 6.21 Å². The highest BCUT2D eigenvalue weighted by molar-refractivity contribution is 7.79. The standard InChI is InChI=1S/C30H30N2O3S/c1-18-3-6-20(11-14-36(34)35)22-9-10-24-29-21(15-19-4-5-19)7-8-23(26-17-31-12-2-13-32-26)25(29)16-27(33)30(24)28(18)22/h2-3,6,8-10,12-13,16-19,21,32H,4-5,7,11,14-15H2,1H3,(H,34,35)/p-1. The maximum atomic E-state index is 13.8. The average molecular weight is 498 g/mol. The maximum absolute atomic E-state index is 13.8. The van der Waals surface area contributed by atoms with Gasteiger partial charge in [0.1, 0.15) is 0 Å². The van der Waals surface area contributed by atoms with Gasteiger partial charge in [0.25, 0.3) is 0 Å². The van der Waals surface area contributed by atoms with Gasteiger partial charge in [-0.05, 0) is 76.0 Å². The number of allylic oxidation sites excluding steroid dienone is 6. The second-order valence-corrected chi connectivity index (χ2v) is 11.3. The second kappa shape index (κ2) is 9.41. The SMILES string of the molecule is CC1C=CC(CCS(=O)[O-])=c2ccc3c(c21)C(=O)C=C1C(C2=CN=CC=CN2)=CCC(CC2CC2)C=31. The van der Waals surface area contributed by atoms with Crippen LogP contribution in [0.5, 0.6) is 0 Å². The molecule has 184 valence electrons. The van der Waals surface area contributed by atoms with Gasteiger partial charge in [0, 0.05) is 35.2 Å². The number of fused-ring (bicyclic) bond motifs is 4. The summed E-state index contributed by atoms with van der Waals surface area (Å²) in [4.78, 5) is 18.2. The molecule has 0 bridgehead atoms. The number of carbonyl (C=O) groups excluding carboxylic acids is 1. The quantitative estimate of drug-likeness (QED) is 0.606. The lowest BCUT2D eigenvalue weighted by atomic mass is 9.71. The van der Waals surface area contributed by atoms with Gasteiger partial charge in [0.05, 0.1) is 11.9 Å². The van der Waals surface area contributed by atoms with E-state index in [2.05, 4.69) is 41.5 Å². The molecule has 0 saturated heterocycles. The molecular weight excluding hydrogens is 468 g/mol. The Hall–Kier alpha value is -3.09. The van der Waals surface area contributed by atoms with Crippen LogP contribution >= 0.6 is 0 Å². The summed E-state index contributed by atoms with van der Waals surface area (Å²) in [5.74, 6) is 1.35. The first-order valence-corrected chi connectivity index (χ1v) is 14.0. The van der Waals surface area contributed by atoms with Gasteiger partial charge in [-0.3, -0.25) is 14.0 Å². The minimum Gasteiger partial charge on any atom is -0.772 e. The first kappa shape index (κ1) is 23.3. The zero-order chi connectivity index (χ0) is 24.8. The minimum atomic E-state index is -2.10. The number of benzene rings is 1. The third-order valence-electron chi connectivity index (χ3n) is 7.89. The van der Waals surface area contributed by atoms with E-state index in [0.717, 1.165) is 62.7 Å². The zero-order valence-electron chi connectivity index (χ0n) is 20.3. The van der Waals surface area contributed by atoms with Crippen molar-refractivity contribution in [2.45, 2.75) is 44.9 Å². The highest BCUT2D eigenvalue weighted by Gasteiger charge is 2.36. The molecular formula is C30H29N2O3S-. The van der Waals surface area contributed by atoms with E-state index in [9.17, 15) is 13.6 Å². The summed E-state index contributed by atoms with van der Waals surface area (Å²) in [6.45, 7) is 2.12. The lowest BCUT2D eigenvalue weighted by molar-refractivity contribution is 0.104. The third kappa shape index (κ3) is 4.22. The van der Waals surface area contributed by atoms with E-state index >= 15 is 0 Å². The van der Waals surface area contributed by atoms with Crippen molar-refractivity contribution in [1.29, 1.82) is 0 Å². The van der Waals surface area contributed by atoms with Crippen LogP contribution in [0.25, 0.3) is 11.1 Å².